The Labute approximate surface area is 228 Å². The number of carbonyl (C=O) groups excluding carboxylic acids is 1. The van der Waals surface area contributed by atoms with Gasteiger partial charge in [0.2, 0.25) is 5.91 Å². The lowest BCUT2D eigenvalue weighted by Gasteiger charge is -2.26. The number of benzene rings is 2. The third-order valence-electron chi connectivity index (χ3n) is 5.56. The molecule has 0 bridgehead atoms. The van der Waals surface area contributed by atoms with E-state index in [-0.39, 0.29) is 28.9 Å². The molecule has 0 spiro atoms. The van der Waals surface area contributed by atoms with E-state index in [1.165, 1.54) is 17.9 Å². The number of aliphatic imine (C=N–C) groups is 1. The summed E-state index contributed by atoms with van der Waals surface area (Å²) < 4.78 is 33.7. The number of carbonyl (C=O) groups is 1. The summed E-state index contributed by atoms with van der Waals surface area (Å²) in [6.07, 6.45) is 1.34. The Morgan fingerprint density at radius 1 is 1.24 bits per heavy atom. The van der Waals surface area contributed by atoms with Crippen molar-refractivity contribution in [2.24, 2.45) is 4.99 Å². The smallest absolute Gasteiger partial charge is 0.290 e. The van der Waals surface area contributed by atoms with E-state index in [9.17, 15) is 13.2 Å². The lowest BCUT2D eigenvalue weighted by Crippen LogP contribution is -2.42. The minimum absolute atomic E-state index is 0.0126. The van der Waals surface area contributed by atoms with E-state index in [4.69, 9.17) is 36.7 Å². The summed E-state index contributed by atoms with van der Waals surface area (Å²) in [6.45, 7) is 6.82. The Morgan fingerprint density at radius 2 is 1.87 bits per heavy atom. The SMILES string of the molecule is C/C=C(\C)S(=O)(=O)O.CCNC(=O)C[C@@H]1N=C(c2ccc(Cl)cc2)c2cc(OC)ccc2N(C(C)=N)C1=N. The minimum atomic E-state index is -3.89. The van der Waals surface area contributed by atoms with Crippen LogP contribution in [-0.4, -0.2) is 56.0 Å². The van der Waals surface area contributed by atoms with Gasteiger partial charge in [-0.3, -0.25) is 30.1 Å². The molecule has 10 nitrogen and oxygen atoms in total. The molecule has 38 heavy (non-hydrogen) atoms. The van der Waals surface area contributed by atoms with Crippen molar-refractivity contribution in [2.75, 3.05) is 18.6 Å². The zero-order valence-electron chi connectivity index (χ0n) is 21.9. The molecule has 204 valence electrons. The van der Waals surface area contributed by atoms with Crippen LogP contribution in [0.4, 0.5) is 5.69 Å². The van der Waals surface area contributed by atoms with E-state index < -0.39 is 16.2 Å². The summed E-state index contributed by atoms with van der Waals surface area (Å²) >= 11 is 6.07. The van der Waals surface area contributed by atoms with E-state index in [0.29, 0.717) is 34.3 Å². The molecule has 1 atom stereocenters. The second-order valence-corrected chi connectivity index (χ2v) is 10.3. The number of fused-ring (bicyclic) bond motifs is 1. The Balaban J connectivity index is 0.000000550. The number of amidine groups is 2. The highest BCUT2D eigenvalue weighted by atomic mass is 35.5. The molecule has 0 radical (unpaired) electrons. The second kappa shape index (κ2) is 13.3. The number of amides is 1. The number of methoxy groups -OCH3 is 1. The van der Waals surface area contributed by atoms with Gasteiger partial charge in [-0.25, -0.2) is 0 Å². The highest BCUT2D eigenvalue weighted by molar-refractivity contribution is 7.89. The number of rotatable bonds is 6. The van der Waals surface area contributed by atoms with Crippen LogP contribution in [0.5, 0.6) is 5.75 Å². The minimum Gasteiger partial charge on any atom is -0.497 e. The van der Waals surface area contributed by atoms with Crippen LogP contribution in [0, 0.1) is 10.8 Å². The average molecular weight is 562 g/mol. The third-order valence-corrected chi connectivity index (χ3v) is 6.86. The van der Waals surface area contributed by atoms with Crippen molar-refractivity contribution in [1.82, 2.24) is 5.32 Å². The van der Waals surface area contributed by atoms with Crippen molar-refractivity contribution in [2.45, 2.75) is 40.2 Å². The molecular formula is C26H32ClN5O5S. The molecule has 0 fully saturated rings. The van der Waals surface area contributed by atoms with Crippen molar-refractivity contribution >= 4 is 50.7 Å². The van der Waals surface area contributed by atoms with Gasteiger partial charge in [0.25, 0.3) is 10.1 Å². The monoisotopic (exact) mass is 561 g/mol. The van der Waals surface area contributed by atoms with Gasteiger partial charge in [-0.2, -0.15) is 8.42 Å². The summed E-state index contributed by atoms with van der Waals surface area (Å²) in [6, 6.07) is 11.9. The van der Waals surface area contributed by atoms with Gasteiger partial charge in [0.15, 0.2) is 0 Å². The predicted octanol–water partition coefficient (Wildman–Crippen LogP) is 4.67. The number of hydrogen-bond acceptors (Lipinski definition) is 7. The van der Waals surface area contributed by atoms with Gasteiger partial charge in [0.1, 0.15) is 23.5 Å². The number of nitrogens with zero attached hydrogens (tertiary/aromatic N) is 2. The molecule has 1 aliphatic rings. The van der Waals surface area contributed by atoms with Gasteiger partial charge in [-0.05, 0) is 58.0 Å². The van der Waals surface area contributed by atoms with Crippen molar-refractivity contribution < 1.29 is 22.5 Å². The molecule has 0 aliphatic carbocycles. The zero-order valence-corrected chi connectivity index (χ0v) is 23.4. The molecule has 0 saturated heterocycles. The topological polar surface area (TPSA) is 156 Å². The molecule has 0 aromatic heterocycles. The predicted molar refractivity (Wildman–Crippen MR) is 152 cm³/mol. The molecule has 4 N–H and O–H groups in total. The highest BCUT2D eigenvalue weighted by Gasteiger charge is 2.32. The van der Waals surface area contributed by atoms with Gasteiger partial charge in [-0.1, -0.05) is 29.8 Å². The molecule has 2 aromatic rings. The Morgan fingerprint density at radius 3 is 2.34 bits per heavy atom. The molecule has 0 saturated carbocycles. The molecule has 12 heteroatoms. The molecule has 2 aromatic carbocycles. The number of anilines is 1. The molecule has 1 amide bonds. The molecule has 1 aliphatic heterocycles. The molecule has 0 unspecified atom stereocenters. The first-order valence-corrected chi connectivity index (χ1v) is 13.5. The fourth-order valence-corrected chi connectivity index (χ4v) is 3.95. The number of halogens is 1. The Kier molecular flexibility index (Phi) is 10.7. The van der Waals surface area contributed by atoms with Crippen LogP contribution in [0.3, 0.4) is 0 Å². The van der Waals surface area contributed by atoms with Crippen LogP contribution in [-0.2, 0) is 14.9 Å². The van der Waals surface area contributed by atoms with E-state index in [1.54, 1.807) is 45.2 Å². The van der Waals surface area contributed by atoms with Crippen LogP contribution in [0.25, 0.3) is 0 Å². The number of hydrogen-bond donors (Lipinski definition) is 4. The van der Waals surface area contributed by atoms with Crippen LogP contribution in [0.2, 0.25) is 5.02 Å². The van der Waals surface area contributed by atoms with E-state index in [0.717, 1.165) is 5.56 Å². The van der Waals surface area contributed by atoms with Crippen LogP contribution >= 0.6 is 11.6 Å². The first kappa shape index (κ1) is 30.7. The molecular weight excluding hydrogens is 530 g/mol. The fourth-order valence-electron chi connectivity index (χ4n) is 3.53. The van der Waals surface area contributed by atoms with Gasteiger partial charge in [0, 0.05) is 22.7 Å². The van der Waals surface area contributed by atoms with Crippen molar-refractivity contribution in [3.8, 4) is 5.75 Å². The van der Waals surface area contributed by atoms with E-state index in [1.807, 2.05) is 25.1 Å². The van der Waals surface area contributed by atoms with Gasteiger partial charge >= 0.3 is 0 Å². The van der Waals surface area contributed by atoms with Crippen molar-refractivity contribution in [3.63, 3.8) is 0 Å². The molecule has 3 rings (SSSR count). The van der Waals surface area contributed by atoms with Gasteiger partial charge in [-0.15, -0.1) is 0 Å². The first-order valence-electron chi connectivity index (χ1n) is 11.7. The number of allylic oxidation sites excluding steroid dienone is 2. The lowest BCUT2D eigenvalue weighted by molar-refractivity contribution is -0.121. The Hall–Kier alpha value is -3.54. The maximum atomic E-state index is 12.3. The normalized spacial score (nSPS) is 15.4. The van der Waals surface area contributed by atoms with Crippen molar-refractivity contribution in [1.29, 1.82) is 10.8 Å². The maximum absolute atomic E-state index is 12.3. The van der Waals surface area contributed by atoms with Gasteiger partial charge in [0.05, 0.1) is 29.8 Å². The highest BCUT2D eigenvalue weighted by Crippen LogP contribution is 2.33. The average Bonchev–Trinajstić information content (AvgIpc) is 2.98. The summed E-state index contributed by atoms with van der Waals surface area (Å²) in [5, 5.41) is 20.4. The third kappa shape index (κ3) is 7.73. The number of ether oxygens (including phenoxy) is 1. The van der Waals surface area contributed by atoms with E-state index >= 15 is 0 Å². The summed E-state index contributed by atoms with van der Waals surface area (Å²) in [5.41, 5.74) is 2.77. The summed E-state index contributed by atoms with van der Waals surface area (Å²) in [4.78, 5) is 18.6. The number of nitrogens with one attached hydrogen (secondary N) is 3. The quantitative estimate of drug-likeness (QED) is 0.228. The zero-order chi connectivity index (χ0) is 28.6. The first-order chi connectivity index (χ1) is 17.8. The van der Waals surface area contributed by atoms with Crippen LogP contribution < -0.4 is 15.0 Å². The van der Waals surface area contributed by atoms with Crippen LogP contribution in [0.1, 0.15) is 45.2 Å². The maximum Gasteiger partial charge on any atom is 0.290 e. The summed E-state index contributed by atoms with van der Waals surface area (Å²) in [5.74, 6) is 0.674. The fraction of sp³-hybridized carbons (Fsp3) is 0.308. The number of benzodiazepines with no additional fused rings is 1. The summed E-state index contributed by atoms with van der Waals surface area (Å²) in [7, 11) is -2.31. The van der Waals surface area contributed by atoms with Crippen LogP contribution in [0.15, 0.2) is 58.4 Å². The molecule has 1 heterocycles. The lowest BCUT2D eigenvalue weighted by atomic mass is 9.99. The second-order valence-electron chi connectivity index (χ2n) is 8.22. The van der Waals surface area contributed by atoms with E-state index in [2.05, 4.69) is 5.32 Å². The largest absolute Gasteiger partial charge is 0.497 e. The van der Waals surface area contributed by atoms with Gasteiger partial charge < -0.3 is 10.1 Å². The standard InChI is InChI=1S/C22H24ClN5O2.C4H8O3S/c1-4-26-20(29)12-18-22(25)28(13(2)24)19-10-9-16(30-3)11-17(19)21(27-18)14-5-7-15(23)8-6-14;1-3-4(2)8(5,6)7/h5-11,18,24-25H,4,12H2,1-3H3,(H,26,29);3H,1-2H3,(H,5,6,7)/b;4-3+/t18-;/m0./s1. The Bertz CT molecular complexity index is 1370. The van der Waals surface area contributed by atoms with Crippen molar-refractivity contribution in [3.05, 3.63) is 69.6 Å².